The van der Waals surface area contributed by atoms with Crippen molar-refractivity contribution in [3.63, 3.8) is 0 Å². The predicted octanol–water partition coefficient (Wildman–Crippen LogP) is 1.16. The molecule has 4 nitrogen and oxygen atoms in total. The fraction of sp³-hybridized carbons (Fsp3) is 0.636. The summed E-state index contributed by atoms with van der Waals surface area (Å²) in [5, 5.41) is 2.69. The summed E-state index contributed by atoms with van der Waals surface area (Å²) in [6, 6.07) is 0. The van der Waals surface area contributed by atoms with Crippen LogP contribution in [0, 0.1) is 0 Å². The van der Waals surface area contributed by atoms with E-state index in [0.717, 1.165) is 0 Å². The van der Waals surface area contributed by atoms with Gasteiger partial charge >= 0.3 is 0 Å². The first-order valence-corrected chi connectivity index (χ1v) is 5.00. The summed E-state index contributed by atoms with van der Waals surface area (Å²) in [6.07, 6.45) is -0.0171. The summed E-state index contributed by atoms with van der Waals surface area (Å²) in [7, 11) is 0. The zero-order valence-electron chi connectivity index (χ0n) is 9.80. The monoisotopic (exact) mass is 211 g/mol. The smallest absolute Gasteiger partial charge is 0.257 e. The van der Waals surface area contributed by atoms with Crippen LogP contribution < -0.4 is 5.32 Å². The van der Waals surface area contributed by atoms with E-state index in [2.05, 4.69) is 5.32 Å². The van der Waals surface area contributed by atoms with Gasteiger partial charge in [0.1, 0.15) is 0 Å². The van der Waals surface area contributed by atoms with Crippen LogP contribution in [0.3, 0.4) is 0 Å². The Labute approximate surface area is 89.7 Å². The van der Waals surface area contributed by atoms with Gasteiger partial charge < -0.3 is 10.1 Å². The van der Waals surface area contributed by atoms with E-state index in [1.54, 1.807) is 13.8 Å². The van der Waals surface area contributed by atoms with Crippen LogP contribution in [-0.4, -0.2) is 23.5 Å². The maximum absolute atomic E-state index is 11.6. The van der Waals surface area contributed by atoms with E-state index in [1.807, 2.05) is 13.8 Å². The summed E-state index contributed by atoms with van der Waals surface area (Å²) in [5.41, 5.74) is 0.0403. The third-order valence-electron chi connectivity index (χ3n) is 2.49. The van der Waals surface area contributed by atoms with Gasteiger partial charge in [0, 0.05) is 0 Å². The molecule has 1 aliphatic heterocycles. The van der Waals surface area contributed by atoms with Gasteiger partial charge in [0.25, 0.3) is 5.91 Å². The first kappa shape index (κ1) is 11.9. The number of rotatable bonds is 3. The molecule has 84 valence electrons. The molecule has 0 spiro atoms. The van der Waals surface area contributed by atoms with Crippen molar-refractivity contribution in [3.05, 3.63) is 11.1 Å². The van der Waals surface area contributed by atoms with E-state index < -0.39 is 5.72 Å². The third kappa shape index (κ3) is 2.09. The van der Waals surface area contributed by atoms with Crippen molar-refractivity contribution in [3.8, 4) is 0 Å². The first-order chi connectivity index (χ1) is 6.78. The number of Topliss-reactive ketones (excluding diaryl/α,β-unsaturated/α-hetero) is 1. The minimum atomic E-state index is -0.841. The van der Waals surface area contributed by atoms with Crippen molar-refractivity contribution in [1.29, 1.82) is 0 Å². The highest BCUT2D eigenvalue weighted by molar-refractivity contribution is 6.21. The highest BCUT2D eigenvalue weighted by Crippen LogP contribution is 2.29. The second-order valence-electron chi connectivity index (χ2n) is 4.21. The lowest BCUT2D eigenvalue weighted by Crippen LogP contribution is -2.45. The molecule has 1 aliphatic rings. The molecule has 0 saturated carbocycles. The summed E-state index contributed by atoms with van der Waals surface area (Å²) in [4.78, 5) is 22.8. The highest BCUT2D eigenvalue weighted by Gasteiger charge is 2.41. The standard InChI is InChI=1S/C11H17NO3/c1-6(2)15-11(5)7(3)9(8(4)13)10(14)12-11/h6H,1-5H3,(H,12,14). The van der Waals surface area contributed by atoms with Crippen molar-refractivity contribution in [1.82, 2.24) is 5.32 Å². The minimum absolute atomic E-state index is 0.0171. The van der Waals surface area contributed by atoms with Gasteiger partial charge in [-0.3, -0.25) is 9.59 Å². The van der Waals surface area contributed by atoms with Gasteiger partial charge in [-0.2, -0.15) is 0 Å². The van der Waals surface area contributed by atoms with Crippen LogP contribution in [-0.2, 0) is 14.3 Å². The summed E-state index contributed by atoms with van der Waals surface area (Å²) >= 11 is 0. The van der Waals surface area contributed by atoms with Gasteiger partial charge in [-0.1, -0.05) is 0 Å². The number of hydrogen-bond acceptors (Lipinski definition) is 3. The molecule has 1 unspecified atom stereocenters. The van der Waals surface area contributed by atoms with E-state index in [0.29, 0.717) is 5.57 Å². The largest absolute Gasteiger partial charge is 0.349 e. The Morgan fingerprint density at radius 2 is 2.00 bits per heavy atom. The molecule has 0 fully saturated rings. The molecule has 1 N–H and O–H groups in total. The topological polar surface area (TPSA) is 55.4 Å². The molecule has 0 saturated heterocycles. The zero-order valence-corrected chi connectivity index (χ0v) is 9.80. The third-order valence-corrected chi connectivity index (χ3v) is 2.49. The van der Waals surface area contributed by atoms with Crippen LogP contribution in [0.2, 0.25) is 0 Å². The Morgan fingerprint density at radius 1 is 1.47 bits per heavy atom. The van der Waals surface area contributed by atoms with Crippen LogP contribution in [0.15, 0.2) is 11.1 Å². The Hall–Kier alpha value is -1.16. The second kappa shape index (κ2) is 3.77. The molecular weight excluding hydrogens is 194 g/mol. The molecule has 0 aromatic carbocycles. The van der Waals surface area contributed by atoms with E-state index >= 15 is 0 Å². The van der Waals surface area contributed by atoms with Crippen LogP contribution in [0.5, 0.6) is 0 Å². The van der Waals surface area contributed by atoms with E-state index in [9.17, 15) is 9.59 Å². The normalized spacial score (nSPS) is 26.1. The summed E-state index contributed by atoms with van der Waals surface area (Å²) in [6.45, 7) is 8.67. The van der Waals surface area contributed by atoms with Gasteiger partial charge in [0.15, 0.2) is 11.5 Å². The molecule has 0 bridgehead atoms. The van der Waals surface area contributed by atoms with Gasteiger partial charge in [-0.15, -0.1) is 0 Å². The molecule has 15 heavy (non-hydrogen) atoms. The number of ether oxygens (including phenoxy) is 1. The molecule has 1 rings (SSSR count). The predicted molar refractivity (Wildman–Crippen MR) is 56.1 cm³/mol. The van der Waals surface area contributed by atoms with Gasteiger partial charge in [-0.25, -0.2) is 0 Å². The Kier molecular flexibility index (Phi) is 3.00. The Morgan fingerprint density at radius 3 is 2.33 bits per heavy atom. The Bertz CT molecular complexity index is 344. The molecule has 1 heterocycles. The minimum Gasteiger partial charge on any atom is -0.349 e. The Balaban J connectivity index is 3.08. The number of carbonyl (C=O) groups excluding carboxylic acids is 2. The summed E-state index contributed by atoms with van der Waals surface area (Å²) < 4.78 is 5.62. The quantitative estimate of drug-likeness (QED) is 0.713. The number of ketones is 1. The lowest BCUT2D eigenvalue weighted by Gasteiger charge is -2.29. The molecule has 0 aromatic heterocycles. The SMILES string of the molecule is CC(=O)C1=C(C)C(C)(OC(C)C)NC1=O. The van der Waals surface area contributed by atoms with Crippen molar-refractivity contribution in [2.24, 2.45) is 0 Å². The van der Waals surface area contributed by atoms with Gasteiger partial charge in [0.05, 0.1) is 11.7 Å². The van der Waals surface area contributed by atoms with Crippen molar-refractivity contribution in [2.45, 2.75) is 46.4 Å². The average Bonchev–Trinajstić information content (AvgIpc) is 2.20. The fourth-order valence-corrected chi connectivity index (χ4v) is 1.79. The number of amides is 1. The van der Waals surface area contributed by atoms with Crippen molar-refractivity contribution >= 4 is 11.7 Å². The maximum atomic E-state index is 11.6. The number of carbonyl (C=O) groups is 2. The molecule has 0 radical (unpaired) electrons. The molecular formula is C11H17NO3. The average molecular weight is 211 g/mol. The lowest BCUT2D eigenvalue weighted by atomic mass is 10.0. The number of nitrogens with one attached hydrogen (secondary N) is 1. The fourth-order valence-electron chi connectivity index (χ4n) is 1.79. The van der Waals surface area contributed by atoms with E-state index in [-0.39, 0.29) is 23.4 Å². The highest BCUT2D eigenvalue weighted by atomic mass is 16.5. The first-order valence-electron chi connectivity index (χ1n) is 5.00. The molecule has 4 heteroatoms. The van der Waals surface area contributed by atoms with E-state index in [1.165, 1.54) is 6.92 Å². The van der Waals surface area contributed by atoms with Gasteiger partial charge in [-0.05, 0) is 40.2 Å². The zero-order chi connectivity index (χ0) is 11.8. The van der Waals surface area contributed by atoms with Crippen molar-refractivity contribution in [2.75, 3.05) is 0 Å². The van der Waals surface area contributed by atoms with Crippen LogP contribution in [0.1, 0.15) is 34.6 Å². The number of hydrogen-bond donors (Lipinski definition) is 1. The molecule has 1 amide bonds. The lowest BCUT2D eigenvalue weighted by molar-refractivity contribution is -0.126. The second-order valence-corrected chi connectivity index (χ2v) is 4.21. The molecule has 0 aromatic rings. The summed E-state index contributed by atoms with van der Waals surface area (Å²) in [5.74, 6) is -0.566. The van der Waals surface area contributed by atoms with E-state index in [4.69, 9.17) is 4.74 Å². The van der Waals surface area contributed by atoms with Gasteiger partial charge in [0.2, 0.25) is 0 Å². The van der Waals surface area contributed by atoms with Crippen molar-refractivity contribution < 1.29 is 14.3 Å². The molecule has 1 atom stereocenters. The van der Waals surface area contributed by atoms with Crippen LogP contribution in [0.25, 0.3) is 0 Å². The van der Waals surface area contributed by atoms with Crippen LogP contribution in [0.4, 0.5) is 0 Å². The maximum Gasteiger partial charge on any atom is 0.257 e. The molecule has 0 aliphatic carbocycles. The van der Waals surface area contributed by atoms with Crippen LogP contribution >= 0.6 is 0 Å².